The Bertz CT molecular complexity index is 518. The molecule has 1 heterocycles. The van der Waals surface area contributed by atoms with Crippen LogP contribution in [0.4, 0.5) is 5.69 Å². The van der Waals surface area contributed by atoms with Crippen LogP contribution in [-0.2, 0) is 0 Å². The Morgan fingerprint density at radius 3 is 3.07 bits per heavy atom. The molecule has 0 aromatic heterocycles. The SMILES string of the molecule is CCN=c1ccc(N)c2n(O)ccnc1-2. The Morgan fingerprint density at radius 2 is 2.33 bits per heavy atom. The van der Waals surface area contributed by atoms with Gasteiger partial charge in [0.25, 0.3) is 0 Å². The van der Waals surface area contributed by atoms with Gasteiger partial charge in [-0.25, -0.2) is 0 Å². The zero-order chi connectivity index (χ0) is 10.8. The standard InChI is InChI=1S/C10H12N4O/c1-2-12-8-4-3-7(11)10-9(8)13-5-6-14(10)15/h3-6,15H,2,11H2,1H3. The normalized spacial score (nSPS) is 12.2. The molecule has 0 fully saturated rings. The summed E-state index contributed by atoms with van der Waals surface area (Å²) in [6.45, 7) is 2.61. The lowest BCUT2D eigenvalue weighted by Gasteiger charge is -2.11. The molecule has 0 unspecified atom stereocenters. The van der Waals surface area contributed by atoms with Gasteiger partial charge in [-0.2, -0.15) is 4.73 Å². The van der Waals surface area contributed by atoms with Crippen molar-refractivity contribution in [3.05, 3.63) is 29.9 Å². The topological polar surface area (TPSA) is 76.4 Å². The molecule has 78 valence electrons. The van der Waals surface area contributed by atoms with Gasteiger partial charge in [0, 0.05) is 12.7 Å². The Hall–Kier alpha value is -2.04. The number of nitrogens with zero attached hydrogens (tertiary/aromatic N) is 3. The predicted octanol–water partition coefficient (Wildman–Crippen LogP) is 0.728. The smallest absolute Gasteiger partial charge is 0.130 e. The molecule has 5 nitrogen and oxygen atoms in total. The average molecular weight is 204 g/mol. The van der Waals surface area contributed by atoms with Crippen LogP contribution in [0.25, 0.3) is 11.4 Å². The molecule has 2 aliphatic rings. The number of fused-ring (bicyclic) bond motifs is 1. The summed E-state index contributed by atoms with van der Waals surface area (Å²) in [5.74, 6) is 0. The van der Waals surface area contributed by atoms with E-state index in [2.05, 4.69) is 9.98 Å². The van der Waals surface area contributed by atoms with E-state index in [9.17, 15) is 5.21 Å². The van der Waals surface area contributed by atoms with Crippen LogP contribution in [0, 0.1) is 0 Å². The predicted molar refractivity (Wildman–Crippen MR) is 56.5 cm³/mol. The van der Waals surface area contributed by atoms with E-state index in [0.29, 0.717) is 23.6 Å². The molecule has 0 spiro atoms. The van der Waals surface area contributed by atoms with E-state index in [0.717, 1.165) is 10.1 Å². The summed E-state index contributed by atoms with van der Waals surface area (Å²) in [4.78, 5) is 8.44. The minimum Gasteiger partial charge on any atom is -0.428 e. The van der Waals surface area contributed by atoms with Gasteiger partial charge >= 0.3 is 0 Å². The van der Waals surface area contributed by atoms with Crippen LogP contribution in [0.5, 0.6) is 0 Å². The van der Waals surface area contributed by atoms with Crippen molar-refractivity contribution in [1.29, 1.82) is 0 Å². The van der Waals surface area contributed by atoms with Crippen LogP contribution in [0.2, 0.25) is 0 Å². The fraction of sp³-hybridized carbons (Fsp3) is 0.200. The van der Waals surface area contributed by atoms with Crippen LogP contribution >= 0.6 is 0 Å². The van der Waals surface area contributed by atoms with Gasteiger partial charge in [0.15, 0.2) is 0 Å². The van der Waals surface area contributed by atoms with Crippen molar-refractivity contribution in [2.45, 2.75) is 6.92 Å². The number of benzene rings is 1. The zero-order valence-electron chi connectivity index (χ0n) is 8.38. The van der Waals surface area contributed by atoms with E-state index in [1.165, 1.54) is 12.4 Å². The number of anilines is 1. The Balaban J connectivity index is 2.85. The summed E-state index contributed by atoms with van der Waals surface area (Å²) < 4.78 is 0.965. The zero-order valence-corrected chi connectivity index (χ0v) is 8.38. The lowest BCUT2D eigenvalue weighted by molar-refractivity contribution is 0.188. The lowest BCUT2D eigenvalue weighted by Crippen LogP contribution is -2.15. The first-order valence-electron chi connectivity index (χ1n) is 4.69. The second-order valence-electron chi connectivity index (χ2n) is 3.12. The van der Waals surface area contributed by atoms with E-state index in [4.69, 9.17) is 5.73 Å². The number of hydrogen-bond acceptors (Lipinski definition) is 4. The summed E-state index contributed by atoms with van der Waals surface area (Å²) in [6.07, 6.45) is 2.95. The van der Waals surface area contributed by atoms with Gasteiger partial charge in [-0.3, -0.25) is 9.98 Å². The molecule has 2 rings (SSSR count). The molecular formula is C10H12N4O. The molecule has 1 aliphatic carbocycles. The molecule has 0 aromatic rings. The van der Waals surface area contributed by atoms with E-state index >= 15 is 0 Å². The minimum absolute atomic E-state index is 0.482. The third-order valence-corrected chi connectivity index (χ3v) is 2.13. The van der Waals surface area contributed by atoms with Crippen molar-refractivity contribution in [3.63, 3.8) is 0 Å². The van der Waals surface area contributed by atoms with E-state index in [-0.39, 0.29) is 0 Å². The van der Waals surface area contributed by atoms with Crippen LogP contribution in [0.3, 0.4) is 0 Å². The first kappa shape index (κ1) is 9.51. The highest BCUT2D eigenvalue weighted by Gasteiger charge is 2.12. The molecule has 0 atom stereocenters. The molecule has 1 aliphatic heterocycles. The van der Waals surface area contributed by atoms with E-state index in [1.807, 2.05) is 6.92 Å². The number of aromatic nitrogens is 2. The first-order chi connectivity index (χ1) is 7.24. The van der Waals surface area contributed by atoms with Crippen LogP contribution < -0.4 is 11.1 Å². The highest BCUT2D eigenvalue weighted by Crippen LogP contribution is 2.20. The second-order valence-corrected chi connectivity index (χ2v) is 3.12. The minimum atomic E-state index is 0.482. The van der Waals surface area contributed by atoms with Crippen LogP contribution in [0.15, 0.2) is 29.5 Å². The second kappa shape index (κ2) is 3.61. The van der Waals surface area contributed by atoms with Crippen molar-refractivity contribution < 1.29 is 5.21 Å². The molecule has 15 heavy (non-hydrogen) atoms. The molecule has 5 heteroatoms. The maximum Gasteiger partial charge on any atom is 0.130 e. The maximum atomic E-state index is 9.60. The highest BCUT2D eigenvalue weighted by molar-refractivity contribution is 5.70. The van der Waals surface area contributed by atoms with Crippen molar-refractivity contribution in [3.8, 4) is 11.4 Å². The average Bonchev–Trinajstić information content (AvgIpc) is 2.22. The van der Waals surface area contributed by atoms with Crippen LogP contribution in [0.1, 0.15) is 6.92 Å². The molecule has 0 bridgehead atoms. The largest absolute Gasteiger partial charge is 0.428 e. The summed E-state index contributed by atoms with van der Waals surface area (Å²) in [5.41, 5.74) is 7.35. The molecule has 0 aromatic carbocycles. The van der Waals surface area contributed by atoms with Gasteiger partial charge in [-0.1, -0.05) is 0 Å². The summed E-state index contributed by atoms with van der Waals surface area (Å²) in [6, 6.07) is 3.51. The Labute approximate surface area is 86.8 Å². The lowest BCUT2D eigenvalue weighted by atomic mass is 10.1. The molecule has 3 N–H and O–H groups in total. The summed E-state index contributed by atoms with van der Waals surface area (Å²) in [7, 11) is 0. The Morgan fingerprint density at radius 1 is 1.53 bits per heavy atom. The van der Waals surface area contributed by atoms with Crippen molar-refractivity contribution in [1.82, 2.24) is 9.71 Å². The van der Waals surface area contributed by atoms with Gasteiger partial charge in [-0.15, -0.1) is 0 Å². The van der Waals surface area contributed by atoms with Gasteiger partial charge in [-0.05, 0) is 19.1 Å². The fourth-order valence-electron chi connectivity index (χ4n) is 1.50. The van der Waals surface area contributed by atoms with E-state index < -0.39 is 0 Å². The number of rotatable bonds is 1. The third kappa shape index (κ3) is 1.52. The van der Waals surface area contributed by atoms with Gasteiger partial charge in [0.05, 0.1) is 17.2 Å². The quantitative estimate of drug-likeness (QED) is 0.531. The van der Waals surface area contributed by atoms with Crippen molar-refractivity contribution in [2.75, 3.05) is 12.3 Å². The first-order valence-corrected chi connectivity index (χ1v) is 4.69. The summed E-state index contributed by atoms with van der Waals surface area (Å²) in [5, 5.41) is 10.3. The molecule has 0 saturated heterocycles. The molecule has 0 radical (unpaired) electrons. The molecule has 0 amide bonds. The maximum absolute atomic E-state index is 9.60. The van der Waals surface area contributed by atoms with Gasteiger partial charge in [0.1, 0.15) is 11.4 Å². The molecular weight excluding hydrogens is 192 g/mol. The van der Waals surface area contributed by atoms with Crippen molar-refractivity contribution >= 4 is 5.69 Å². The van der Waals surface area contributed by atoms with Gasteiger partial charge < -0.3 is 10.9 Å². The van der Waals surface area contributed by atoms with Crippen molar-refractivity contribution in [2.24, 2.45) is 4.99 Å². The van der Waals surface area contributed by atoms with Crippen LogP contribution in [-0.4, -0.2) is 21.5 Å². The monoisotopic (exact) mass is 204 g/mol. The number of hydrogen-bond donors (Lipinski definition) is 2. The number of nitrogens with two attached hydrogens (primary N) is 1. The van der Waals surface area contributed by atoms with Gasteiger partial charge in [0.2, 0.25) is 0 Å². The van der Waals surface area contributed by atoms with E-state index in [1.54, 1.807) is 12.1 Å². The molecule has 0 saturated carbocycles. The summed E-state index contributed by atoms with van der Waals surface area (Å²) >= 11 is 0. The fourth-order valence-corrected chi connectivity index (χ4v) is 1.50. The third-order valence-electron chi connectivity index (χ3n) is 2.13. The number of nitrogen functional groups attached to an aromatic ring is 1. The Kier molecular flexibility index (Phi) is 2.29. The highest BCUT2D eigenvalue weighted by atomic mass is 16.5.